The smallest absolute Gasteiger partial charge is 0.0689 e. The van der Waals surface area contributed by atoms with Crippen LogP contribution < -0.4 is 5.90 Å². The normalized spacial score (nSPS) is 5.00. The second kappa shape index (κ2) is 8.92. The summed E-state index contributed by atoms with van der Waals surface area (Å²) in [7, 11) is 0. The predicted octanol–water partition coefficient (Wildman–Crippen LogP) is -1.62. The second-order valence-electron chi connectivity index (χ2n) is 0.224. The van der Waals surface area contributed by atoms with E-state index in [1.54, 1.807) is 0 Å². The Morgan fingerprint density at radius 2 is 1.50 bits per heavy atom. The van der Waals surface area contributed by atoms with Gasteiger partial charge < -0.3 is 15.3 Å². The molecule has 0 amide bonds. The summed E-state index contributed by atoms with van der Waals surface area (Å²) in [6.45, 7) is 0. The first kappa shape index (κ1) is 8.93. The minimum atomic E-state index is -1.75. The molecule has 0 aliphatic heterocycles. The van der Waals surface area contributed by atoms with Crippen LogP contribution in [-0.2, 0) is 0 Å². The lowest BCUT2D eigenvalue weighted by Crippen LogP contribution is -2.42. The molecular formula is H4N2O4. The first-order chi connectivity index (χ1) is 2.73. The van der Waals surface area contributed by atoms with Crippen LogP contribution in [0.4, 0.5) is 0 Å². The highest BCUT2D eigenvalue weighted by molar-refractivity contribution is 4.03. The Labute approximate surface area is 32.9 Å². The van der Waals surface area contributed by atoms with Gasteiger partial charge in [0.25, 0.3) is 0 Å². The zero-order chi connectivity index (χ0) is 5.58. The largest absolute Gasteiger partial charge is 0.356 e. The van der Waals surface area contributed by atoms with E-state index in [1.165, 1.54) is 0 Å². The lowest BCUT2D eigenvalue weighted by Gasteiger charge is -1.74. The molecule has 0 rings (SSSR count). The van der Waals surface area contributed by atoms with Crippen LogP contribution >= 0.6 is 0 Å². The quantitative estimate of drug-likeness (QED) is 0.278. The van der Waals surface area contributed by atoms with Gasteiger partial charge in [-0.15, -0.1) is 0 Å². The molecule has 4 N–H and O–H groups in total. The summed E-state index contributed by atoms with van der Waals surface area (Å²) in [5.41, 5.74) is 0. The van der Waals surface area contributed by atoms with Gasteiger partial charge in [-0.3, -0.25) is 0 Å². The maximum Gasteiger partial charge on any atom is 0.0689 e. The van der Waals surface area contributed by atoms with E-state index in [0.29, 0.717) is 0 Å². The van der Waals surface area contributed by atoms with Crippen LogP contribution in [-0.4, -0.2) is 10.3 Å². The van der Waals surface area contributed by atoms with Crippen LogP contribution in [0.15, 0.2) is 0 Å². The van der Waals surface area contributed by atoms with Crippen molar-refractivity contribution in [3.63, 3.8) is 0 Å². The Morgan fingerprint density at radius 1 is 1.50 bits per heavy atom. The summed E-state index contributed by atoms with van der Waals surface area (Å²) < 4.78 is 0. The number of nitrogens with zero attached hydrogens (tertiary/aromatic N) is 1. The van der Waals surface area contributed by atoms with Crippen molar-refractivity contribution in [3.05, 3.63) is 15.3 Å². The molecule has 38 valence electrons. The third kappa shape index (κ3) is 18.1. The summed E-state index contributed by atoms with van der Waals surface area (Å²) >= 11 is 0. The average molecular weight is 96.0 g/mol. The molecule has 6 heteroatoms. The Kier molecular flexibility index (Phi) is 13.3. The SMILES string of the molecule is O=[N+]([O-])[O-].[NH3+]O. The van der Waals surface area contributed by atoms with Crippen molar-refractivity contribution in [3.8, 4) is 0 Å². The zero-order valence-corrected chi connectivity index (χ0v) is 2.83. The molecule has 0 unspecified atom stereocenters. The third-order valence-corrected chi connectivity index (χ3v) is 0. The first-order valence-electron chi connectivity index (χ1n) is 0.864. The molecule has 0 bridgehead atoms. The highest BCUT2D eigenvalue weighted by atomic mass is 16.9. The molecule has 0 saturated heterocycles. The third-order valence-electron chi connectivity index (χ3n) is 0. The lowest BCUT2D eigenvalue weighted by molar-refractivity contribution is -0.670. The summed E-state index contributed by atoms with van der Waals surface area (Å²) in [5, 5.41) is 21.5. The number of hydrogen-bond acceptors (Lipinski definition) is 4. The molecule has 0 spiro atoms. The molecule has 0 radical (unpaired) electrons. The van der Waals surface area contributed by atoms with Crippen molar-refractivity contribution in [2.75, 3.05) is 0 Å². The molecule has 6 heavy (non-hydrogen) atoms. The average Bonchev–Trinajstić information content (AvgIpc) is 1.41. The summed E-state index contributed by atoms with van der Waals surface area (Å²) in [6.07, 6.45) is 0. The van der Waals surface area contributed by atoms with Crippen molar-refractivity contribution in [1.29, 1.82) is 0 Å². The van der Waals surface area contributed by atoms with Crippen molar-refractivity contribution in [2.24, 2.45) is 0 Å². The molecule has 6 nitrogen and oxygen atoms in total. The van der Waals surface area contributed by atoms with Gasteiger partial charge >= 0.3 is 0 Å². The fraction of sp³-hybridized carbons (Fsp3) is 0. The van der Waals surface area contributed by atoms with E-state index in [-0.39, 0.29) is 0 Å². The molecule has 0 aromatic rings. The Morgan fingerprint density at radius 3 is 1.50 bits per heavy atom. The predicted molar refractivity (Wildman–Crippen MR) is 15.0 cm³/mol. The van der Waals surface area contributed by atoms with Gasteiger partial charge in [0, 0.05) is 0 Å². The standard InChI is InChI=1S/NO3.H4NO/c2-1(3)4;1-2/h;2H,1H3/q-1;+1. The van der Waals surface area contributed by atoms with Gasteiger partial charge in [-0.2, -0.15) is 0 Å². The molecule has 0 aromatic heterocycles. The van der Waals surface area contributed by atoms with Crippen LogP contribution in [0.2, 0.25) is 0 Å². The van der Waals surface area contributed by atoms with E-state index in [2.05, 4.69) is 5.90 Å². The first-order valence-corrected chi connectivity index (χ1v) is 0.864. The van der Waals surface area contributed by atoms with Crippen LogP contribution in [0.25, 0.3) is 0 Å². The number of rotatable bonds is 0. The van der Waals surface area contributed by atoms with Gasteiger partial charge in [0.2, 0.25) is 0 Å². The molecule has 0 fully saturated rings. The summed E-state index contributed by atoms with van der Waals surface area (Å²) in [5.74, 6) is 2.25. The van der Waals surface area contributed by atoms with Crippen LogP contribution in [0.5, 0.6) is 0 Å². The second-order valence-corrected chi connectivity index (χ2v) is 0.224. The summed E-state index contributed by atoms with van der Waals surface area (Å²) in [6, 6.07) is 0. The van der Waals surface area contributed by atoms with Gasteiger partial charge in [0.05, 0.1) is 5.09 Å². The van der Waals surface area contributed by atoms with E-state index >= 15 is 0 Å². The molecular weight excluding hydrogens is 92.0 g/mol. The Bertz CT molecular complexity index is 28.5. The van der Waals surface area contributed by atoms with Crippen molar-refractivity contribution in [1.82, 2.24) is 0 Å². The van der Waals surface area contributed by atoms with Gasteiger partial charge in [-0.25, -0.2) is 11.1 Å². The van der Waals surface area contributed by atoms with Gasteiger partial charge in [-0.05, 0) is 0 Å². The van der Waals surface area contributed by atoms with E-state index in [4.69, 9.17) is 20.5 Å². The van der Waals surface area contributed by atoms with Crippen LogP contribution in [0.3, 0.4) is 0 Å². The highest BCUT2D eigenvalue weighted by Crippen LogP contribution is 1.44. The molecule has 0 atom stereocenters. The van der Waals surface area contributed by atoms with Crippen LogP contribution in [0.1, 0.15) is 0 Å². The highest BCUT2D eigenvalue weighted by Gasteiger charge is 1.45. The van der Waals surface area contributed by atoms with Crippen molar-refractivity contribution >= 4 is 0 Å². The van der Waals surface area contributed by atoms with E-state index in [0.717, 1.165) is 0 Å². The fourth-order valence-electron chi connectivity index (χ4n) is 0. The van der Waals surface area contributed by atoms with E-state index in [1.807, 2.05) is 0 Å². The van der Waals surface area contributed by atoms with Gasteiger partial charge in [-0.1, -0.05) is 0 Å². The molecule has 0 saturated carbocycles. The van der Waals surface area contributed by atoms with Crippen LogP contribution in [0, 0.1) is 15.3 Å². The monoisotopic (exact) mass is 96.0 g/mol. The zero-order valence-electron chi connectivity index (χ0n) is 2.83. The number of hydrogen-bond donors (Lipinski definition) is 2. The molecule has 0 aliphatic carbocycles. The fourth-order valence-corrected chi connectivity index (χ4v) is 0. The lowest BCUT2D eigenvalue weighted by atomic mass is 13.1. The topological polar surface area (TPSA) is 114 Å². The Balaban J connectivity index is 0. The maximum atomic E-state index is 8.25. The van der Waals surface area contributed by atoms with Crippen molar-refractivity contribution in [2.45, 2.75) is 0 Å². The summed E-state index contributed by atoms with van der Waals surface area (Å²) in [4.78, 5) is 8.25. The molecule has 0 heterocycles. The molecule has 0 aliphatic rings. The number of quaternary nitrogens is 1. The van der Waals surface area contributed by atoms with E-state index < -0.39 is 5.09 Å². The minimum absolute atomic E-state index is 1.75. The maximum absolute atomic E-state index is 8.25. The van der Waals surface area contributed by atoms with Gasteiger partial charge in [0.15, 0.2) is 0 Å². The Hall–Kier alpha value is -0.880. The van der Waals surface area contributed by atoms with E-state index in [9.17, 15) is 0 Å². The van der Waals surface area contributed by atoms with Gasteiger partial charge in [0.1, 0.15) is 0 Å². The molecule has 0 aromatic carbocycles. The van der Waals surface area contributed by atoms with Crippen molar-refractivity contribution < 1.29 is 16.2 Å². The minimum Gasteiger partial charge on any atom is -0.356 e.